The van der Waals surface area contributed by atoms with E-state index in [2.05, 4.69) is 16.6 Å². The van der Waals surface area contributed by atoms with Crippen molar-refractivity contribution in [3.05, 3.63) is 0 Å². The number of aliphatic imine (C=N–C) groups is 1. The molecular formula is C9H14N2O. The van der Waals surface area contributed by atoms with E-state index >= 15 is 0 Å². The van der Waals surface area contributed by atoms with Gasteiger partial charge in [0.25, 0.3) is 5.91 Å². The van der Waals surface area contributed by atoms with Gasteiger partial charge in [-0.1, -0.05) is 0 Å². The van der Waals surface area contributed by atoms with Gasteiger partial charge in [-0.3, -0.25) is 9.69 Å². The van der Waals surface area contributed by atoms with Crippen molar-refractivity contribution in [2.75, 3.05) is 7.05 Å². The summed E-state index contributed by atoms with van der Waals surface area (Å²) < 4.78 is 0. The number of piperidine rings is 1. The van der Waals surface area contributed by atoms with Crippen LogP contribution < -0.4 is 0 Å². The summed E-state index contributed by atoms with van der Waals surface area (Å²) in [5.74, 6) is 0.516. The van der Waals surface area contributed by atoms with Crippen molar-refractivity contribution in [3.63, 3.8) is 0 Å². The van der Waals surface area contributed by atoms with Crippen molar-refractivity contribution in [1.82, 2.24) is 4.90 Å². The zero-order chi connectivity index (χ0) is 8.72. The van der Waals surface area contributed by atoms with Gasteiger partial charge in [-0.2, -0.15) is 0 Å². The first-order chi connectivity index (χ1) is 5.74. The number of carbonyl (C=O) groups is 1. The normalized spacial score (nSPS) is 40.2. The van der Waals surface area contributed by atoms with Crippen LogP contribution in [0.2, 0.25) is 0 Å². The lowest BCUT2D eigenvalue weighted by Crippen LogP contribution is -2.42. The molecule has 0 aromatic heterocycles. The van der Waals surface area contributed by atoms with E-state index in [1.807, 2.05) is 7.05 Å². The number of hydrogen-bond acceptors (Lipinski definition) is 2. The molecule has 0 aromatic carbocycles. The first-order valence-electron chi connectivity index (χ1n) is 4.46. The molecule has 1 amide bonds. The lowest BCUT2D eigenvalue weighted by atomic mass is 9.99. The van der Waals surface area contributed by atoms with Crippen LogP contribution in [0.15, 0.2) is 4.99 Å². The molecule has 3 atom stereocenters. The van der Waals surface area contributed by atoms with Gasteiger partial charge in [-0.15, -0.1) is 0 Å². The van der Waals surface area contributed by atoms with Gasteiger partial charge in [0.2, 0.25) is 0 Å². The average molecular weight is 166 g/mol. The summed E-state index contributed by atoms with van der Waals surface area (Å²) in [5.41, 5.74) is 0. The maximum absolute atomic E-state index is 11.3. The Bertz CT molecular complexity index is 225. The van der Waals surface area contributed by atoms with Gasteiger partial charge >= 0.3 is 0 Å². The topological polar surface area (TPSA) is 32.7 Å². The lowest BCUT2D eigenvalue weighted by Gasteiger charge is -2.29. The fraction of sp³-hybridized carbons (Fsp3) is 0.778. The predicted octanol–water partition coefficient (Wildman–Crippen LogP) is 0.696. The highest BCUT2D eigenvalue weighted by Gasteiger charge is 2.46. The Kier molecular flexibility index (Phi) is 1.76. The molecule has 1 saturated carbocycles. The zero-order valence-electron chi connectivity index (χ0n) is 7.36. The molecule has 0 aromatic rings. The van der Waals surface area contributed by atoms with E-state index in [1.54, 1.807) is 0 Å². The van der Waals surface area contributed by atoms with E-state index in [0.29, 0.717) is 12.0 Å². The molecule has 12 heavy (non-hydrogen) atoms. The molecule has 1 heterocycles. The number of nitrogens with zero attached hydrogens (tertiary/aromatic N) is 2. The number of fused-ring (bicyclic) bond motifs is 2. The van der Waals surface area contributed by atoms with Crippen LogP contribution in [0.4, 0.5) is 0 Å². The number of rotatable bonds is 1. The Balaban J connectivity index is 2.16. The molecular weight excluding hydrogens is 152 g/mol. The molecule has 1 aliphatic carbocycles. The van der Waals surface area contributed by atoms with E-state index < -0.39 is 0 Å². The van der Waals surface area contributed by atoms with Crippen molar-refractivity contribution in [3.8, 4) is 0 Å². The number of likely N-dealkylation sites (N-methyl/N-ethyl adjacent to an activating group) is 1. The largest absolute Gasteiger partial charge is 0.292 e. The molecule has 66 valence electrons. The van der Waals surface area contributed by atoms with Crippen LogP contribution in [0.5, 0.6) is 0 Å². The van der Waals surface area contributed by atoms with Crippen molar-refractivity contribution < 1.29 is 4.79 Å². The van der Waals surface area contributed by atoms with Crippen molar-refractivity contribution in [2.24, 2.45) is 10.9 Å². The van der Waals surface area contributed by atoms with Gasteiger partial charge in [-0.05, 0) is 38.9 Å². The molecule has 2 aliphatic rings. The summed E-state index contributed by atoms with van der Waals surface area (Å²) in [6.07, 6.45) is 3.63. The summed E-state index contributed by atoms with van der Waals surface area (Å²) in [6, 6.07) is 0.673. The number of amides is 1. The molecule has 1 saturated heterocycles. The van der Waals surface area contributed by atoms with Crippen LogP contribution >= 0.6 is 0 Å². The first-order valence-corrected chi connectivity index (χ1v) is 4.46. The van der Waals surface area contributed by atoms with E-state index in [4.69, 9.17) is 0 Å². The molecule has 3 nitrogen and oxygen atoms in total. The van der Waals surface area contributed by atoms with E-state index in [0.717, 1.165) is 0 Å². The molecule has 1 aliphatic heterocycles. The minimum absolute atomic E-state index is 0.0373. The summed E-state index contributed by atoms with van der Waals surface area (Å²) in [7, 11) is 2.03. The fourth-order valence-electron chi connectivity index (χ4n) is 2.68. The van der Waals surface area contributed by atoms with Gasteiger partial charge in [-0.25, -0.2) is 4.99 Å². The Morgan fingerprint density at radius 2 is 2.33 bits per heavy atom. The fourth-order valence-corrected chi connectivity index (χ4v) is 2.68. The summed E-state index contributed by atoms with van der Waals surface area (Å²) in [5, 5.41) is 0. The summed E-state index contributed by atoms with van der Waals surface area (Å²) in [6.45, 7) is 3.30. The van der Waals surface area contributed by atoms with Gasteiger partial charge in [0.05, 0.1) is 6.04 Å². The quantitative estimate of drug-likeness (QED) is 0.537. The Morgan fingerprint density at radius 1 is 1.58 bits per heavy atom. The highest BCUT2D eigenvalue weighted by molar-refractivity contribution is 5.86. The van der Waals surface area contributed by atoms with Gasteiger partial charge in [0.1, 0.15) is 0 Å². The van der Waals surface area contributed by atoms with E-state index in [9.17, 15) is 4.79 Å². The molecule has 0 unspecified atom stereocenters. The van der Waals surface area contributed by atoms with E-state index in [1.165, 1.54) is 19.3 Å². The summed E-state index contributed by atoms with van der Waals surface area (Å²) >= 11 is 0. The minimum Gasteiger partial charge on any atom is -0.292 e. The highest BCUT2D eigenvalue weighted by Crippen LogP contribution is 2.41. The smallest absolute Gasteiger partial charge is 0.262 e. The molecule has 0 N–H and O–H groups in total. The third kappa shape index (κ3) is 0.926. The Labute approximate surface area is 72.5 Å². The number of carbonyl (C=O) groups excluding carboxylic acids is 1. The highest BCUT2D eigenvalue weighted by atomic mass is 16.1. The molecule has 2 fully saturated rings. The molecule has 3 heteroatoms. The second kappa shape index (κ2) is 2.66. The molecule has 0 radical (unpaired) electrons. The maximum Gasteiger partial charge on any atom is 0.262 e. The Morgan fingerprint density at radius 3 is 2.83 bits per heavy atom. The van der Waals surface area contributed by atoms with Gasteiger partial charge in [0, 0.05) is 6.04 Å². The third-order valence-corrected chi connectivity index (χ3v) is 3.32. The third-order valence-electron chi connectivity index (χ3n) is 3.32. The average Bonchev–Trinajstić information content (AvgIpc) is 2.63. The zero-order valence-corrected chi connectivity index (χ0v) is 7.36. The molecule has 2 bridgehead atoms. The second-order valence-electron chi connectivity index (χ2n) is 3.83. The Hall–Kier alpha value is -0.700. The van der Waals surface area contributed by atoms with Crippen LogP contribution in [0, 0.1) is 5.92 Å². The SMILES string of the molecule is C=NC(=O)[C@@H]1[C@H]2CC[C@H](C2)N1C. The monoisotopic (exact) mass is 166 g/mol. The maximum atomic E-state index is 11.3. The standard InChI is InChI=1S/C9H14N2O/c1-10-9(12)8-6-3-4-7(5-6)11(8)2/h6-8H,1,3-5H2,2H3/t6-,7+,8-/m0/s1. The van der Waals surface area contributed by atoms with Crippen LogP contribution in [-0.2, 0) is 4.79 Å². The molecule has 2 rings (SSSR count). The van der Waals surface area contributed by atoms with Crippen molar-refractivity contribution in [1.29, 1.82) is 0 Å². The number of hydrogen-bond donors (Lipinski definition) is 0. The van der Waals surface area contributed by atoms with Crippen LogP contribution in [0.3, 0.4) is 0 Å². The van der Waals surface area contributed by atoms with Gasteiger partial charge < -0.3 is 0 Å². The molecule has 0 spiro atoms. The second-order valence-corrected chi connectivity index (χ2v) is 3.83. The van der Waals surface area contributed by atoms with E-state index in [-0.39, 0.29) is 11.9 Å². The van der Waals surface area contributed by atoms with Crippen molar-refractivity contribution in [2.45, 2.75) is 31.3 Å². The minimum atomic E-state index is -0.0373. The van der Waals surface area contributed by atoms with Crippen molar-refractivity contribution >= 4 is 12.6 Å². The van der Waals surface area contributed by atoms with Crippen LogP contribution in [-0.4, -0.2) is 36.7 Å². The predicted molar refractivity (Wildman–Crippen MR) is 47.2 cm³/mol. The summed E-state index contributed by atoms with van der Waals surface area (Å²) in [4.78, 5) is 17.0. The van der Waals surface area contributed by atoms with Crippen LogP contribution in [0.25, 0.3) is 0 Å². The van der Waals surface area contributed by atoms with Crippen LogP contribution in [0.1, 0.15) is 19.3 Å². The van der Waals surface area contributed by atoms with Gasteiger partial charge in [0.15, 0.2) is 0 Å². The number of likely N-dealkylation sites (tertiary alicyclic amines) is 1. The first kappa shape index (κ1) is 7.92. The lowest BCUT2D eigenvalue weighted by molar-refractivity contribution is -0.123.